The summed E-state index contributed by atoms with van der Waals surface area (Å²) in [6.45, 7) is 7.48. The number of piperazine rings is 1. The van der Waals surface area contributed by atoms with Crippen LogP contribution in [-0.2, 0) is 24.1 Å². The fourth-order valence-electron chi connectivity index (χ4n) is 4.04. The summed E-state index contributed by atoms with van der Waals surface area (Å²) in [4.78, 5) is 20.9. The van der Waals surface area contributed by atoms with Crippen molar-refractivity contribution < 1.29 is 14.1 Å². The van der Waals surface area contributed by atoms with E-state index >= 15 is 0 Å². The summed E-state index contributed by atoms with van der Waals surface area (Å²) < 4.78 is 10.8. The highest BCUT2D eigenvalue weighted by atomic mass is 16.6. The van der Waals surface area contributed by atoms with Crippen molar-refractivity contribution in [2.45, 2.75) is 38.8 Å². The van der Waals surface area contributed by atoms with Crippen LogP contribution in [0.5, 0.6) is 0 Å². The largest absolute Gasteiger partial charge is 0.447 e. The second-order valence-electron chi connectivity index (χ2n) is 8.01. The summed E-state index contributed by atoms with van der Waals surface area (Å²) in [6, 6.07) is 10.3. The third-order valence-corrected chi connectivity index (χ3v) is 5.25. The van der Waals surface area contributed by atoms with E-state index in [9.17, 15) is 4.79 Å². The molecule has 4 rings (SSSR count). The third kappa shape index (κ3) is 3.83. The number of carbonyl (C=O) groups excluding carboxylic acids is 1. The lowest BCUT2D eigenvalue weighted by Gasteiger charge is -2.44. The van der Waals surface area contributed by atoms with Gasteiger partial charge in [-0.3, -0.25) is 9.80 Å². The summed E-state index contributed by atoms with van der Waals surface area (Å²) in [7, 11) is 0. The van der Waals surface area contributed by atoms with Gasteiger partial charge in [-0.2, -0.15) is 4.98 Å². The normalized spacial score (nSPS) is 22.9. The van der Waals surface area contributed by atoms with Crippen LogP contribution in [-0.4, -0.2) is 57.8 Å². The number of nitrogens with zero attached hydrogens (tertiary/aromatic N) is 4. The lowest BCUT2D eigenvalue weighted by molar-refractivity contribution is 0.0459. The second kappa shape index (κ2) is 7.31. The van der Waals surface area contributed by atoms with Gasteiger partial charge in [-0.05, 0) is 11.5 Å². The quantitative estimate of drug-likeness (QED) is 0.778. The SMILES string of the molecule is CC(C)Cc1nc(CN2CCN3C(=O)OCC3(Cc3ccccc3)C2)no1. The molecule has 2 aliphatic rings. The predicted molar refractivity (Wildman–Crippen MR) is 99.0 cm³/mol. The molecule has 2 aromatic rings. The van der Waals surface area contributed by atoms with Gasteiger partial charge in [0.1, 0.15) is 6.61 Å². The number of amides is 1. The van der Waals surface area contributed by atoms with Crippen molar-refractivity contribution in [3.63, 3.8) is 0 Å². The fourth-order valence-corrected chi connectivity index (χ4v) is 4.04. The van der Waals surface area contributed by atoms with Gasteiger partial charge in [0.2, 0.25) is 5.89 Å². The molecule has 0 N–H and O–H groups in total. The number of hydrogen-bond donors (Lipinski definition) is 0. The topological polar surface area (TPSA) is 71.7 Å². The Morgan fingerprint density at radius 3 is 2.81 bits per heavy atom. The molecule has 0 radical (unpaired) electrons. The molecule has 7 nitrogen and oxygen atoms in total. The molecule has 144 valence electrons. The Kier molecular flexibility index (Phi) is 4.86. The number of carbonyl (C=O) groups is 1. The molecule has 2 fully saturated rings. The van der Waals surface area contributed by atoms with Crippen LogP contribution in [0.25, 0.3) is 0 Å². The minimum Gasteiger partial charge on any atom is -0.447 e. The minimum absolute atomic E-state index is 0.204. The number of benzene rings is 1. The van der Waals surface area contributed by atoms with Crippen molar-refractivity contribution in [3.05, 3.63) is 47.6 Å². The van der Waals surface area contributed by atoms with Gasteiger partial charge in [-0.25, -0.2) is 4.79 Å². The molecule has 2 saturated heterocycles. The van der Waals surface area contributed by atoms with Crippen LogP contribution < -0.4 is 0 Å². The first kappa shape index (κ1) is 18.0. The number of aromatic nitrogens is 2. The molecule has 7 heteroatoms. The molecule has 1 atom stereocenters. The molecule has 1 unspecified atom stereocenters. The summed E-state index contributed by atoms with van der Waals surface area (Å²) >= 11 is 0. The molecule has 27 heavy (non-hydrogen) atoms. The lowest BCUT2D eigenvalue weighted by atomic mass is 9.88. The van der Waals surface area contributed by atoms with Gasteiger partial charge in [-0.15, -0.1) is 0 Å². The van der Waals surface area contributed by atoms with Gasteiger partial charge < -0.3 is 9.26 Å². The Balaban J connectivity index is 1.48. The highest BCUT2D eigenvalue weighted by Crippen LogP contribution is 2.32. The van der Waals surface area contributed by atoms with E-state index in [4.69, 9.17) is 9.26 Å². The highest BCUT2D eigenvalue weighted by molar-refractivity contribution is 5.71. The number of hydrogen-bond acceptors (Lipinski definition) is 6. The Hall–Kier alpha value is -2.41. The molecule has 0 aliphatic carbocycles. The Bertz CT molecular complexity index is 792. The third-order valence-electron chi connectivity index (χ3n) is 5.25. The molecule has 0 bridgehead atoms. The summed E-state index contributed by atoms with van der Waals surface area (Å²) in [5.74, 6) is 1.88. The van der Waals surface area contributed by atoms with Gasteiger partial charge in [0.25, 0.3) is 0 Å². The summed E-state index contributed by atoms with van der Waals surface area (Å²) in [6.07, 6.45) is 1.37. The van der Waals surface area contributed by atoms with Crippen molar-refractivity contribution in [3.8, 4) is 0 Å². The molecule has 0 saturated carbocycles. The standard InChI is InChI=1S/C20H26N4O3/c1-15(2)10-18-21-17(22-27-18)12-23-8-9-24-19(25)26-14-20(24,13-23)11-16-6-4-3-5-7-16/h3-7,15H,8-14H2,1-2H3. The van der Waals surface area contributed by atoms with Gasteiger partial charge >= 0.3 is 6.09 Å². The first-order valence-corrected chi connectivity index (χ1v) is 9.56. The molecule has 3 heterocycles. The Morgan fingerprint density at radius 2 is 2.04 bits per heavy atom. The van der Waals surface area contributed by atoms with Crippen molar-refractivity contribution in [1.82, 2.24) is 19.9 Å². The van der Waals surface area contributed by atoms with E-state index in [1.54, 1.807) is 0 Å². The van der Waals surface area contributed by atoms with E-state index in [1.165, 1.54) is 5.56 Å². The van der Waals surface area contributed by atoms with E-state index in [2.05, 4.69) is 41.0 Å². The molecular formula is C20H26N4O3. The zero-order valence-corrected chi connectivity index (χ0v) is 15.9. The van der Waals surface area contributed by atoms with Crippen LogP contribution in [0.15, 0.2) is 34.9 Å². The summed E-state index contributed by atoms with van der Waals surface area (Å²) in [5, 5.41) is 4.13. The zero-order chi connectivity index (χ0) is 18.9. The van der Waals surface area contributed by atoms with Crippen molar-refractivity contribution in [2.75, 3.05) is 26.2 Å². The minimum atomic E-state index is -0.332. The van der Waals surface area contributed by atoms with E-state index in [1.807, 2.05) is 23.1 Å². The van der Waals surface area contributed by atoms with Crippen LogP contribution in [0.4, 0.5) is 4.79 Å². The van der Waals surface area contributed by atoms with Crippen LogP contribution in [0, 0.1) is 5.92 Å². The zero-order valence-electron chi connectivity index (χ0n) is 15.9. The highest BCUT2D eigenvalue weighted by Gasteiger charge is 2.50. The maximum Gasteiger partial charge on any atom is 0.410 e. The molecular weight excluding hydrogens is 344 g/mol. The predicted octanol–water partition coefficient (Wildman–Crippen LogP) is 2.52. The lowest BCUT2D eigenvalue weighted by Crippen LogP contribution is -2.62. The smallest absolute Gasteiger partial charge is 0.410 e. The average molecular weight is 370 g/mol. The molecule has 1 aromatic heterocycles. The number of cyclic esters (lactones) is 1. The molecule has 2 aliphatic heterocycles. The van der Waals surface area contributed by atoms with Gasteiger partial charge in [0.15, 0.2) is 5.82 Å². The second-order valence-corrected chi connectivity index (χ2v) is 8.01. The molecule has 0 spiro atoms. The van der Waals surface area contributed by atoms with Crippen molar-refractivity contribution in [1.29, 1.82) is 0 Å². The van der Waals surface area contributed by atoms with Crippen LogP contribution in [0.1, 0.15) is 31.1 Å². The van der Waals surface area contributed by atoms with E-state index in [-0.39, 0.29) is 11.6 Å². The maximum atomic E-state index is 12.2. The van der Waals surface area contributed by atoms with E-state index < -0.39 is 0 Å². The Labute approximate surface area is 159 Å². The van der Waals surface area contributed by atoms with Gasteiger partial charge in [0, 0.05) is 32.5 Å². The van der Waals surface area contributed by atoms with E-state index in [0.29, 0.717) is 37.3 Å². The first-order valence-electron chi connectivity index (χ1n) is 9.56. The van der Waals surface area contributed by atoms with Crippen LogP contribution in [0.2, 0.25) is 0 Å². The van der Waals surface area contributed by atoms with Crippen molar-refractivity contribution >= 4 is 6.09 Å². The Morgan fingerprint density at radius 1 is 1.22 bits per heavy atom. The van der Waals surface area contributed by atoms with Crippen LogP contribution in [0.3, 0.4) is 0 Å². The first-order chi connectivity index (χ1) is 13.0. The fraction of sp³-hybridized carbons (Fsp3) is 0.550. The van der Waals surface area contributed by atoms with Crippen LogP contribution >= 0.6 is 0 Å². The number of ether oxygens (including phenoxy) is 1. The van der Waals surface area contributed by atoms with Gasteiger partial charge in [0.05, 0.1) is 12.1 Å². The number of fused-ring (bicyclic) bond motifs is 1. The maximum absolute atomic E-state index is 12.2. The average Bonchev–Trinajstić information content (AvgIpc) is 3.20. The van der Waals surface area contributed by atoms with E-state index in [0.717, 1.165) is 25.9 Å². The monoisotopic (exact) mass is 370 g/mol. The van der Waals surface area contributed by atoms with Crippen molar-refractivity contribution in [2.24, 2.45) is 5.92 Å². The number of rotatable bonds is 6. The van der Waals surface area contributed by atoms with Gasteiger partial charge in [-0.1, -0.05) is 49.3 Å². The molecule has 1 amide bonds. The molecule has 1 aromatic carbocycles. The summed E-state index contributed by atoms with van der Waals surface area (Å²) in [5.41, 5.74) is 0.878.